The van der Waals surface area contributed by atoms with Crippen LogP contribution in [0.2, 0.25) is 5.02 Å². The summed E-state index contributed by atoms with van der Waals surface area (Å²) < 4.78 is 5.75. The van der Waals surface area contributed by atoms with E-state index in [2.05, 4.69) is 0 Å². The zero-order chi connectivity index (χ0) is 22.0. The van der Waals surface area contributed by atoms with Gasteiger partial charge in [-0.3, -0.25) is 14.5 Å². The van der Waals surface area contributed by atoms with Gasteiger partial charge in [0.25, 0.3) is 11.1 Å². The van der Waals surface area contributed by atoms with Gasteiger partial charge in [-0.1, -0.05) is 41.9 Å². The summed E-state index contributed by atoms with van der Waals surface area (Å²) in [6.07, 6.45) is 2.08. The van der Waals surface area contributed by atoms with Gasteiger partial charge in [-0.15, -0.1) is 0 Å². The van der Waals surface area contributed by atoms with E-state index in [1.165, 1.54) is 29.2 Å². The number of hydrogen-bond donors (Lipinski definition) is 1. The summed E-state index contributed by atoms with van der Waals surface area (Å²) in [4.78, 5) is 37.7. The molecule has 31 heavy (non-hydrogen) atoms. The van der Waals surface area contributed by atoms with Crippen molar-refractivity contribution in [3.8, 4) is 11.3 Å². The van der Waals surface area contributed by atoms with E-state index in [4.69, 9.17) is 16.0 Å². The Balaban J connectivity index is 1.52. The molecule has 2 amide bonds. The third kappa shape index (κ3) is 4.57. The second-order valence-corrected chi connectivity index (χ2v) is 8.17. The van der Waals surface area contributed by atoms with Crippen LogP contribution in [-0.2, 0) is 11.2 Å². The highest BCUT2D eigenvalue weighted by molar-refractivity contribution is 8.18. The number of thioether (sulfide) groups is 1. The number of carbonyl (C=O) groups is 3. The molecule has 1 fully saturated rings. The Labute approximate surface area is 187 Å². The molecule has 1 aliphatic heterocycles. The quantitative estimate of drug-likeness (QED) is 0.490. The largest absolute Gasteiger partial charge is 0.478 e. The molecule has 0 bridgehead atoms. The molecule has 0 radical (unpaired) electrons. The summed E-state index contributed by atoms with van der Waals surface area (Å²) >= 11 is 7.04. The van der Waals surface area contributed by atoms with Crippen LogP contribution in [0.15, 0.2) is 70.0 Å². The fourth-order valence-electron chi connectivity index (χ4n) is 3.13. The molecule has 0 atom stereocenters. The number of halogens is 1. The number of rotatable bonds is 6. The number of carboxylic acid groups (broad SMARTS) is 1. The van der Waals surface area contributed by atoms with Gasteiger partial charge in [-0.05, 0) is 54.1 Å². The van der Waals surface area contributed by atoms with Gasteiger partial charge in [0.05, 0.1) is 15.5 Å². The molecule has 4 rings (SSSR count). The van der Waals surface area contributed by atoms with Crippen LogP contribution in [0.25, 0.3) is 17.4 Å². The first kappa shape index (κ1) is 21.0. The average Bonchev–Trinajstić information content (AvgIpc) is 3.32. The van der Waals surface area contributed by atoms with Crippen LogP contribution < -0.4 is 0 Å². The van der Waals surface area contributed by atoms with E-state index in [1.54, 1.807) is 12.1 Å². The van der Waals surface area contributed by atoms with Gasteiger partial charge in [0.15, 0.2) is 0 Å². The third-order valence-corrected chi connectivity index (χ3v) is 5.96. The highest BCUT2D eigenvalue weighted by Gasteiger charge is 2.34. The summed E-state index contributed by atoms with van der Waals surface area (Å²) in [7, 11) is 0. The molecule has 156 valence electrons. The number of amides is 2. The number of carbonyl (C=O) groups excluding carboxylic acids is 2. The molecule has 0 spiro atoms. The maximum atomic E-state index is 12.7. The zero-order valence-electron chi connectivity index (χ0n) is 16.1. The second-order valence-electron chi connectivity index (χ2n) is 6.77. The lowest BCUT2D eigenvalue weighted by molar-refractivity contribution is -0.122. The van der Waals surface area contributed by atoms with Crippen molar-refractivity contribution >= 4 is 46.6 Å². The monoisotopic (exact) mass is 453 g/mol. The van der Waals surface area contributed by atoms with Crippen LogP contribution in [0.3, 0.4) is 0 Å². The van der Waals surface area contributed by atoms with Gasteiger partial charge in [-0.2, -0.15) is 0 Å². The summed E-state index contributed by atoms with van der Waals surface area (Å²) in [5.41, 5.74) is 1.55. The molecule has 3 aromatic rings. The number of imide groups is 1. The molecule has 8 heteroatoms. The first-order valence-corrected chi connectivity index (χ1v) is 10.5. The van der Waals surface area contributed by atoms with Gasteiger partial charge >= 0.3 is 5.97 Å². The van der Waals surface area contributed by atoms with E-state index >= 15 is 0 Å². The highest BCUT2D eigenvalue weighted by atomic mass is 35.5. The van der Waals surface area contributed by atoms with Gasteiger partial charge < -0.3 is 9.52 Å². The van der Waals surface area contributed by atoms with E-state index in [0.29, 0.717) is 35.1 Å². The topological polar surface area (TPSA) is 87.8 Å². The molecule has 0 saturated carbocycles. The van der Waals surface area contributed by atoms with Gasteiger partial charge in [-0.25, -0.2) is 4.79 Å². The van der Waals surface area contributed by atoms with Crippen LogP contribution >= 0.6 is 23.4 Å². The van der Waals surface area contributed by atoms with E-state index < -0.39 is 5.97 Å². The Bertz CT molecular complexity index is 1200. The Morgan fingerprint density at radius 2 is 1.87 bits per heavy atom. The number of hydrogen-bond acceptors (Lipinski definition) is 5. The van der Waals surface area contributed by atoms with Crippen LogP contribution in [0.4, 0.5) is 4.79 Å². The van der Waals surface area contributed by atoms with Crippen molar-refractivity contribution in [2.75, 3.05) is 6.54 Å². The molecular formula is C23H16ClNO5S. The predicted molar refractivity (Wildman–Crippen MR) is 119 cm³/mol. The van der Waals surface area contributed by atoms with Crippen molar-refractivity contribution in [3.05, 3.63) is 87.5 Å². The summed E-state index contributed by atoms with van der Waals surface area (Å²) in [5, 5.41) is 9.19. The van der Waals surface area contributed by atoms with E-state index in [9.17, 15) is 19.5 Å². The number of aromatic carboxylic acids is 1. The third-order valence-electron chi connectivity index (χ3n) is 4.72. The lowest BCUT2D eigenvalue weighted by atomic mass is 10.1. The first-order chi connectivity index (χ1) is 14.9. The summed E-state index contributed by atoms with van der Waals surface area (Å²) in [5.74, 6) is -0.716. The summed E-state index contributed by atoms with van der Waals surface area (Å²) in [6, 6.07) is 17.2. The summed E-state index contributed by atoms with van der Waals surface area (Å²) in [6.45, 7) is 0.299. The maximum absolute atomic E-state index is 12.7. The molecule has 2 aromatic carbocycles. The molecule has 2 heterocycles. The highest BCUT2D eigenvalue weighted by Crippen LogP contribution is 2.35. The predicted octanol–water partition coefficient (Wildman–Crippen LogP) is 5.58. The molecule has 1 aromatic heterocycles. The molecule has 1 saturated heterocycles. The fourth-order valence-corrected chi connectivity index (χ4v) is 4.19. The second kappa shape index (κ2) is 8.83. The Morgan fingerprint density at radius 1 is 1.10 bits per heavy atom. The maximum Gasteiger partial charge on any atom is 0.335 e. The Kier molecular flexibility index (Phi) is 5.97. The standard InChI is InChI=1S/C23H16ClNO5S/c24-18-8-6-15(22(27)28)12-17(18)19-9-7-16(30-19)13-20-21(26)25(23(29)31-20)11-10-14-4-2-1-3-5-14/h1-9,12-13H,10-11H2,(H,27,28)/b20-13-. The molecule has 0 unspecified atom stereocenters. The van der Waals surface area contributed by atoms with Crippen molar-refractivity contribution in [1.82, 2.24) is 4.90 Å². The van der Waals surface area contributed by atoms with Crippen LogP contribution in [0, 0.1) is 0 Å². The lowest BCUT2D eigenvalue weighted by Gasteiger charge is -2.11. The van der Waals surface area contributed by atoms with Crippen LogP contribution in [-0.4, -0.2) is 33.7 Å². The number of furan rings is 1. The minimum absolute atomic E-state index is 0.0804. The van der Waals surface area contributed by atoms with Gasteiger partial charge in [0, 0.05) is 18.2 Å². The van der Waals surface area contributed by atoms with Gasteiger partial charge in [0.1, 0.15) is 11.5 Å². The first-order valence-electron chi connectivity index (χ1n) is 9.35. The molecule has 0 aliphatic carbocycles. The number of benzene rings is 2. The zero-order valence-corrected chi connectivity index (χ0v) is 17.7. The normalized spacial score (nSPS) is 15.1. The van der Waals surface area contributed by atoms with Crippen molar-refractivity contribution in [3.63, 3.8) is 0 Å². The van der Waals surface area contributed by atoms with E-state index in [1.807, 2.05) is 30.3 Å². The van der Waals surface area contributed by atoms with Crippen LogP contribution in [0.5, 0.6) is 0 Å². The molecular weight excluding hydrogens is 438 g/mol. The SMILES string of the molecule is O=C(O)c1ccc(Cl)c(-c2ccc(/C=C3\SC(=O)N(CCc4ccccc4)C3=O)o2)c1. The van der Waals surface area contributed by atoms with Crippen molar-refractivity contribution in [1.29, 1.82) is 0 Å². The molecule has 1 aliphatic rings. The number of nitrogens with zero attached hydrogens (tertiary/aromatic N) is 1. The number of carboxylic acids is 1. The van der Waals surface area contributed by atoms with E-state index in [0.717, 1.165) is 17.3 Å². The smallest absolute Gasteiger partial charge is 0.335 e. The van der Waals surface area contributed by atoms with Crippen molar-refractivity contribution in [2.24, 2.45) is 0 Å². The minimum Gasteiger partial charge on any atom is -0.478 e. The fraction of sp³-hybridized carbons (Fsp3) is 0.0870. The van der Waals surface area contributed by atoms with Gasteiger partial charge in [0.2, 0.25) is 0 Å². The van der Waals surface area contributed by atoms with Crippen molar-refractivity contribution in [2.45, 2.75) is 6.42 Å². The molecule has 6 nitrogen and oxygen atoms in total. The van der Waals surface area contributed by atoms with E-state index in [-0.39, 0.29) is 21.6 Å². The molecule has 1 N–H and O–H groups in total. The minimum atomic E-state index is -1.08. The van der Waals surface area contributed by atoms with Crippen LogP contribution in [0.1, 0.15) is 21.7 Å². The Hall–Kier alpha value is -3.29. The van der Waals surface area contributed by atoms with Crippen molar-refractivity contribution < 1.29 is 23.9 Å². The average molecular weight is 454 g/mol. The lowest BCUT2D eigenvalue weighted by Crippen LogP contribution is -2.30. The Morgan fingerprint density at radius 3 is 2.61 bits per heavy atom.